The van der Waals surface area contributed by atoms with Gasteiger partial charge in [0.15, 0.2) is 0 Å². The van der Waals surface area contributed by atoms with E-state index in [1.807, 2.05) is 24.3 Å². The van der Waals surface area contributed by atoms with Gasteiger partial charge in [0.25, 0.3) is 3.12 Å². The summed E-state index contributed by atoms with van der Waals surface area (Å²) in [5, 5.41) is 0. The van der Waals surface area contributed by atoms with Gasteiger partial charge in [0.1, 0.15) is 0 Å². The first-order valence-corrected chi connectivity index (χ1v) is 6.56. The van der Waals surface area contributed by atoms with Crippen LogP contribution in [0.1, 0.15) is 0 Å². The highest BCUT2D eigenvalue weighted by molar-refractivity contribution is 8.03. The van der Waals surface area contributed by atoms with E-state index < -0.39 is 3.12 Å². The predicted octanol–water partition coefficient (Wildman–Crippen LogP) is 3.89. The van der Waals surface area contributed by atoms with Crippen LogP contribution in [-0.2, 0) is 0 Å². The molecule has 1 aromatic carbocycles. The second-order valence-corrected chi connectivity index (χ2v) is 7.77. The van der Waals surface area contributed by atoms with Gasteiger partial charge in [0.2, 0.25) is 0 Å². The molecule has 0 radical (unpaired) electrons. The maximum Gasteiger partial charge on any atom is 0.318 e. The number of hydrogen-bond acceptors (Lipinski definition) is 3. The molecule has 2 rings (SSSR count). The number of nitrogens with zero attached hydrogens (tertiary/aromatic N) is 1. The lowest BCUT2D eigenvalue weighted by Crippen LogP contribution is -2.11. The summed E-state index contributed by atoms with van der Waals surface area (Å²) in [5.74, 6) is 0. The highest BCUT2D eigenvalue weighted by Gasteiger charge is 2.24. The van der Waals surface area contributed by atoms with Crippen molar-refractivity contribution in [2.75, 3.05) is 0 Å². The van der Waals surface area contributed by atoms with E-state index in [1.165, 1.54) is 3.97 Å². The summed E-state index contributed by atoms with van der Waals surface area (Å²) >= 11 is 18.9. The molecule has 80 valence electrons. The molecule has 0 spiro atoms. The van der Waals surface area contributed by atoms with Gasteiger partial charge in [-0.25, -0.2) is 3.97 Å². The van der Waals surface area contributed by atoms with E-state index in [0.717, 1.165) is 33.5 Å². The van der Waals surface area contributed by atoms with Crippen LogP contribution in [0.15, 0.2) is 29.1 Å². The van der Waals surface area contributed by atoms with E-state index in [4.69, 9.17) is 34.8 Å². The zero-order valence-electron chi connectivity index (χ0n) is 7.12. The third-order valence-corrected chi connectivity index (χ3v) is 4.05. The van der Waals surface area contributed by atoms with Crippen LogP contribution < -0.4 is 4.87 Å². The minimum absolute atomic E-state index is 0.146. The van der Waals surface area contributed by atoms with Crippen LogP contribution >= 0.6 is 58.1 Å². The Morgan fingerprint density at radius 2 is 1.93 bits per heavy atom. The molecule has 0 aliphatic heterocycles. The third kappa shape index (κ3) is 2.63. The Hall–Kier alpha value is 0.130. The standard InChI is InChI=1S/C8H4Cl3NOS2/c9-8(10,11)15-12-5-3-1-2-4-6(5)14-7(12)13/h1-4H. The average Bonchev–Trinajstić information content (AvgIpc) is 2.41. The maximum atomic E-state index is 11.6. The van der Waals surface area contributed by atoms with E-state index in [-0.39, 0.29) is 4.87 Å². The number of benzene rings is 1. The molecule has 1 heterocycles. The van der Waals surface area contributed by atoms with Crippen molar-refractivity contribution in [1.82, 2.24) is 3.97 Å². The Balaban J connectivity index is 2.60. The zero-order valence-corrected chi connectivity index (χ0v) is 11.0. The summed E-state index contributed by atoms with van der Waals surface area (Å²) in [6.07, 6.45) is 0. The van der Waals surface area contributed by atoms with E-state index >= 15 is 0 Å². The molecule has 7 heteroatoms. The molecule has 1 aromatic heterocycles. The van der Waals surface area contributed by atoms with Gasteiger partial charge < -0.3 is 0 Å². The van der Waals surface area contributed by atoms with Crippen LogP contribution in [0.2, 0.25) is 0 Å². The van der Waals surface area contributed by atoms with Crippen LogP contribution in [0, 0.1) is 0 Å². The molecule has 0 unspecified atom stereocenters. The smallest absolute Gasteiger partial charge is 0.256 e. The van der Waals surface area contributed by atoms with Crippen molar-refractivity contribution in [3.8, 4) is 0 Å². The van der Waals surface area contributed by atoms with Gasteiger partial charge in [-0.3, -0.25) is 4.79 Å². The number of fused-ring (bicyclic) bond motifs is 1. The van der Waals surface area contributed by atoms with Gasteiger partial charge >= 0.3 is 4.87 Å². The first-order chi connectivity index (χ1) is 6.97. The second kappa shape index (κ2) is 4.18. The summed E-state index contributed by atoms with van der Waals surface area (Å²) < 4.78 is 0.741. The lowest BCUT2D eigenvalue weighted by atomic mass is 10.3. The van der Waals surface area contributed by atoms with Gasteiger partial charge in [-0.05, 0) is 12.1 Å². The van der Waals surface area contributed by atoms with Crippen molar-refractivity contribution >= 4 is 68.3 Å². The number of aromatic nitrogens is 1. The molecule has 0 amide bonds. The highest BCUT2D eigenvalue weighted by Crippen LogP contribution is 2.40. The molecule has 0 bridgehead atoms. The fourth-order valence-electron chi connectivity index (χ4n) is 1.14. The second-order valence-electron chi connectivity index (χ2n) is 2.67. The number of thiazole rings is 1. The van der Waals surface area contributed by atoms with E-state index in [0.29, 0.717) is 0 Å². The number of hydrogen-bond donors (Lipinski definition) is 0. The minimum Gasteiger partial charge on any atom is -0.256 e. The molecule has 15 heavy (non-hydrogen) atoms. The summed E-state index contributed by atoms with van der Waals surface area (Å²) in [6.45, 7) is 0. The van der Waals surface area contributed by atoms with Crippen LogP contribution in [0.4, 0.5) is 0 Å². The van der Waals surface area contributed by atoms with Crippen molar-refractivity contribution in [1.29, 1.82) is 0 Å². The lowest BCUT2D eigenvalue weighted by Gasteiger charge is -2.09. The Labute approximate surface area is 109 Å². The van der Waals surface area contributed by atoms with Crippen molar-refractivity contribution in [2.24, 2.45) is 0 Å². The van der Waals surface area contributed by atoms with Crippen molar-refractivity contribution in [2.45, 2.75) is 3.12 Å². The topological polar surface area (TPSA) is 22.0 Å². The normalized spacial score (nSPS) is 12.2. The van der Waals surface area contributed by atoms with E-state index in [1.54, 1.807) is 0 Å². The predicted molar refractivity (Wildman–Crippen MR) is 69.4 cm³/mol. The van der Waals surface area contributed by atoms with Crippen LogP contribution in [-0.4, -0.2) is 7.10 Å². The van der Waals surface area contributed by atoms with Gasteiger partial charge in [0.05, 0.1) is 10.2 Å². The van der Waals surface area contributed by atoms with Crippen LogP contribution in [0.3, 0.4) is 0 Å². The molecule has 0 atom stereocenters. The summed E-state index contributed by atoms with van der Waals surface area (Å²) in [5.41, 5.74) is 0.767. The Kier molecular flexibility index (Phi) is 3.24. The monoisotopic (exact) mass is 299 g/mol. The van der Waals surface area contributed by atoms with Gasteiger partial charge in [-0.15, -0.1) is 0 Å². The number of alkyl halides is 3. The summed E-state index contributed by atoms with van der Waals surface area (Å²) in [6, 6.07) is 7.38. The fourth-order valence-corrected chi connectivity index (χ4v) is 3.36. The molecule has 0 N–H and O–H groups in total. The Morgan fingerprint density at radius 3 is 2.60 bits per heavy atom. The maximum absolute atomic E-state index is 11.6. The zero-order chi connectivity index (χ0) is 11.1. The molecule has 0 aliphatic rings. The molecular formula is C8H4Cl3NOS2. The van der Waals surface area contributed by atoms with Crippen molar-refractivity contribution < 1.29 is 0 Å². The first-order valence-electron chi connectivity index (χ1n) is 3.84. The molecule has 0 aliphatic carbocycles. The van der Waals surface area contributed by atoms with Crippen LogP contribution in [0.5, 0.6) is 0 Å². The van der Waals surface area contributed by atoms with Crippen molar-refractivity contribution in [3.05, 3.63) is 33.9 Å². The molecule has 2 aromatic rings. The first kappa shape index (κ1) is 11.6. The Morgan fingerprint density at radius 1 is 1.27 bits per heavy atom. The van der Waals surface area contributed by atoms with Crippen molar-refractivity contribution in [3.63, 3.8) is 0 Å². The number of rotatable bonds is 1. The third-order valence-electron chi connectivity index (χ3n) is 1.64. The molecule has 0 fully saturated rings. The van der Waals surface area contributed by atoms with E-state index in [9.17, 15) is 4.79 Å². The SMILES string of the molecule is O=c1sc2ccccc2n1SC(Cl)(Cl)Cl. The highest BCUT2D eigenvalue weighted by atomic mass is 35.6. The fraction of sp³-hybridized carbons (Fsp3) is 0.125. The Bertz CT molecular complexity index is 543. The van der Waals surface area contributed by atoms with Crippen LogP contribution in [0.25, 0.3) is 10.2 Å². The summed E-state index contributed by atoms with van der Waals surface area (Å²) in [4.78, 5) is 11.5. The van der Waals surface area contributed by atoms with Gasteiger partial charge in [-0.2, -0.15) is 0 Å². The average molecular weight is 301 g/mol. The number of halogens is 3. The molecule has 2 nitrogen and oxygen atoms in total. The largest absolute Gasteiger partial charge is 0.318 e. The molecular weight excluding hydrogens is 297 g/mol. The summed E-state index contributed by atoms with van der Waals surface area (Å²) in [7, 11) is 0. The van der Waals surface area contributed by atoms with E-state index in [2.05, 4.69) is 0 Å². The van der Waals surface area contributed by atoms with Gasteiger partial charge in [0, 0.05) is 11.9 Å². The quantitative estimate of drug-likeness (QED) is 0.745. The minimum atomic E-state index is -1.53. The number of para-hydroxylation sites is 1. The lowest BCUT2D eigenvalue weighted by molar-refractivity contribution is 1.28. The van der Waals surface area contributed by atoms with Gasteiger partial charge in [-0.1, -0.05) is 58.3 Å². The molecule has 0 saturated carbocycles. The molecule has 0 saturated heterocycles.